The zero-order valence-electron chi connectivity index (χ0n) is 22.1. The number of nitrogens with zero attached hydrogens (tertiary/aromatic N) is 2. The number of hydrogen-bond donors (Lipinski definition) is 3. The third-order valence-electron chi connectivity index (χ3n) is 6.77. The molecule has 0 unspecified atom stereocenters. The van der Waals surface area contributed by atoms with Gasteiger partial charge in [-0.1, -0.05) is 12.1 Å². The Balaban J connectivity index is 1.24. The third kappa shape index (κ3) is 6.93. The Bertz CT molecular complexity index is 1600. The van der Waals surface area contributed by atoms with Crippen molar-refractivity contribution in [2.24, 2.45) is 0 Å². The summed E-state index contributed by atoms with van der Waals surface area (Å²) in [5.74, 6) is -1.19. The van der Waals surface area contributed by atoms with Gasteiger partial charge in [-0.05, 0) is 80.1 Å². The summed E-state index contributed by atoms with van der Waals surface area (Å²) in [6.07, 6.45) is 4.25. The predicted molar refractivity (Wildman–Crippen MR) is 151 cm³/mol. The average Bonchev–Trinajstić information content (AvgIpc) is 3.41. The van der Waals surface area contributed by atoms with Gasteiger partial charge in [-0.3, -0.25) is 14.4 Å². The van der Waals surface area contributed by atoms with Crippen molar-refractivity contribution in [3.05, 3.63) is 87.8 Å². The van der Waals surface area contributed by atoms with Crippen LogP contribution in [0.3, 0.4) is 0 Å². The lowest BCUT2D eigenvalue weighted by Gasteiger charge is -2.29. The molecule has 0 spiro atoms. The molecule has 210 valence electrons. The van der Waals surface area contributed by atoms with Crippen LogP contribution in [0.1, 0.15) is 61.9 Å². The number of benzene rings is 2. The summed E-state index contributed by atoms with van der Waals surface area (Å²) < 4.78 is 20.0. The lowest BCUT2D eigenvalue weighted by molar-refractivity contribution is 0.0888. The van der Waals surface area contributed by atoms with Gasteiger partial charge in [0.15, 0.2) is 0 Å². The van der Waals surface area contributed by atoms with Gasteiger partial charge in [-0.2, -0.15) is 0 Å². The number of nitrogens with one attached hydrogen (secondary N) is 2. The van der Waals surface area contributed by atoms with E-state index < -0.39 is 11.7 Å². The van der Waals surface area contributed by atoms with Gasteiger partial charge in [0.2, 0.25) is 5.88 Å². The minimum atomic E-state index is -0.680. The maximum absolute atomic E-state index is 14.1. The molecule has 1 aliphatic carbocycles. The summed E-state index contributed by atoms with van der Waals surface area (Å²) >= 11 is 1.42. The zero-order chi connectivity index (χ0) is 28.9. The quantitative estimate of drug-likeness (QED) is 0.239. The highest BCUT2D eigenvalue weighted by Crippen LogP contribution is 2.31. The van der Waals surface area contributed by atoms with Crippen molar-refractivity contribution < 1.29 is 28.6 Å². The van der Waals surface area contributed by atoms with Crippen LogP contribution in [0.15, 0.2) is 60.1 Å². The van der Waals surface area contributed by atoms with Gasteiger partial charge < -0.3 is 20.5 Å². The van der Waals surface area contributed by atoms with Crippen molar-refractivity contribution in [1.29, 1.82) is 0 Å². The molecule has 2 aromatic carbocycles. The first-order valence-electron chi connectivity index (χ1n) is 13.0. The molecule has 2 amide bonds. The zero-order valence-corrected chi connectivity index (χ0v) is 22.9. The number of aldehydes is 1. The number of aromatic nitrogens is 2. The molecule has 11 heteroatoms. The fraction of sp³-hybridized carbons (Fsp3) is 0.233. The van der Waals surface area contributed by atoms with E-state index in [1.54, 1.807) is 35.7 Å². The van der Waals surface area contributed by atoms with Crippen LogP contribution < -0.4 is 15.4 Å². The van der Waals surface area contributed by atoms with Crippen LogP contribution in [-0.4, -0.2) is 45.3 Å². The number of thiazole rings is 1. The molecule has 0 aliphatic heterocycles. The van der Waals surface area contributed by atoms with Crippen LogP contribution in [0.2, 0.25) is 0 Å². The minimum absolute atomic E-state index is 0.0196. The average molecular weight is 575 g/mol. The molecule has 0 radical (unpaired) electrons. The van der Waals surface area contributed by atoms with Crippen LogP contribution in [0.4, 0.5) is 4.39 Å². The predicted octanol–water partition coefficient (Wildman–Crippen LogP) is 5.43. The van der Waals surface area contributed by atoms with Crippen molar-refractivity contribution in [3.63, 3.8) is 0 Å². The Morgan fingerprint density at radius 2 is 1.76 bits per heavy atom. The van der Waals surface area contributed by atoms with Crippen LogP contribution in [0.5, 0.6) is 17.4 Å². The highest BCUT2D eigenvalue weighted by molar-refractivity contribution is 7.09. The number of hydrogen-bond acceptors (Lipinski definition) is 8. The number of aromatic hydroxyl groups is 1. The molecular formula is C30H27FN4O5S. The fourth-order valence-corrected chi connectivity index (χ4v) is 5.36. The van der Waals surface area contributed by atoms with Gasteiger partial charge >= 0.3 is 0 Å². The summed E-state index contributed by atoms with van der Waals surface area (Å²) in [7, 11) is 0. The number of phenols is 1. The second kappa shape index (κ2) is 12.3. The smallest absolute Gasteiger partial charge is 0.270 e. The van der Waals surface area contributed by atoms with E-state index >= 15 is 0 Å². The molecule has 0 saturated heterocycles. The van der Waals surface area contributed by atoms with E-state index in [0.717, 1.165) is 17.3 Å². The van der Waals surface area contributed by atoms with Crippen molar-refractivity contribution >= 4 is 29.4 Å². The molecule has 0 bridgehead atoms. The van der Waals surface area contributed by atoms with Gasteiger partial charge in [0.1, 0.15) is 34.9 Å². The summed E-state index contributed by atoms with van der Waals surface area (Å²) in [4.78, 5) is 45.0. The Morgan fingerprint density at radius 3 is 2.44 bits per heavy atom. The van der Waals surface area contributed by atoms with Crippen LogP contribution in [-0.2, 0) is 0 Å². The number of carbonyl (C=O) groups excluding carboxylic acids is 3. The summed E-state index contributed by atoms with van der Waals surface area (Å²) in [6.45, 7) is 1.85. The lowest BCUT2D eigenvalue weighted by atomic mass is 9.91. The van der Waals surface area contributed by atoms with Crippen molar-refractivity contribution in [1.82, 2.24) is 20.6 Å². The van der Waals surface area contributed by atoms with E-state index in [1.807, 2.05) is 6.92 Å². The largest absolute Gasteiger partial charge is 0.508 e. The van der Waals surface area contributed by atoms with Gasteiger partial charge in [0.25, 0.3) is 11.8 Å². The van der Waals surface area contributed by atoms with E-state index in [-0.39, 0.29) is 35.2 Å². The molecule has 4 aromatic rings. The Morgan fingerprint density at radius 1 is 1.02 bits per heavy atom. The number of pyridine rings is 1. The van der Waals surface area contributed by atoms with E-state index in [2.05, 4.69) is 20.6 Å². The molecule has 9 nitrogen and oxygen atoms in total. The molecule has 5 rings (SSSR count). The Kier molecular flexibility index (Phi) is 8.34. The molecule has 41 heavy (non-hydrogen) atoms. The highest BCUT2D eigenvalue weighted by Gasteiger charge is 2.26. The van der Waals surface area contributed by atoms with Gasteiger partial charge in [0, 0.05) is 23.0 Å². The SMILES string of the molecule is Cc1nc(C(=O)NC2CCC(NC(=O)c3cc(F)cnc3Oc3cccc(-c4cc(O)cc(C=O)c4)c3)CC2)cs1. The van der Waals surface area contributed by atoms with E-state index in [9.17, 15) is 23.9 Å². The monoisotopic (exact) mass is 574 g/mol. The standard InChI is InChI=1S/C30H27FN4O5S/c1-17-33-27(16-41-17)29(39)35-23-7-5-22(6-8-23)34-28(38)26-13-21(31)14-32-30(26)40-25-4-2-3-19(12-25)20-9-18(15-36)10-24(37)11-20/h2-4,9-16,22-23,37H,5-8H2,1H3,(H,34,38)(H,35,39). The van der Waals surface area contributed by atoms with E-state index in [1.165, 1.54) is 23.5 Å². The number of phenolic OH excluding ortho intramolecular Hbond substituents is 1. The first-order valence-corrected chi connectivity index (χ1v) is 13.9. The van der Waals surface area contributed by atoms with Crippen molar-refractivity contribution in [2.75, 3.05) is 0 Å². The molecule has 1 aliphatic rings. The second-order valence-electron chi connectivity index (χ2n) is 9.81. The fourth-order valence-electron chi connectivity index (χ4n) is 4.76. The van der Waals surface area contributed by atoms with Crippen molar-refractivity contribution in [3.8, 4) is 28.5 Å². The van der Waals surface area contributed by atoms with Gasteiger partial charge in [-0.25, -0.2) is 14.4 Å². The molecule has 3 N–H and O–H groups in total. The topological polar surface area (TPSA) is 131 Å². The number of amides is 2. The van der Waals surface area contributed by atoms with Crippen LogP contribution >= 0.6 is 11.3 Å². The van der Waals surface area contributed by atoms with Gasteiger partial charge in [0.05, 0.1) is 11.2 Å². The number of carbonyl (C=O) groups is 3. The molecule has 1 saturated carbocycles. The van der Waals surface area contributed by atoms with Crippen LogP contribution in [0.25, 0.3) is 11.1 Å². The Labute approximate surface area is 239 Å². The molecular weight excluding hydrogens is 547 g/mol. The molecule has 2 aromatic heterocycles. The molecule has 2 heterocycles. The number of halogens is 1. The first-order chi connectivity index (χ1) is 19.8. The number of rotatable bonds is 8. The number of ether oxygens (including phenoxy) is 1. The van der Waals surface area contributed by atoms with E-state index in [4.69, 9.17) is 4.74 Å². The van der Waals surface area contributed by atoms with Crippen LogP contribution in [0, 0.1) is 12.7 Å². The summed E-state index contributed by atoms with van der Waals surface area (Å²) in [5.41, 5.74) is 1.92. The molecule has 1 fully saturated rings. The maximum atomic E-state index is 14.1. The highest BCUT2D eigenvalue weighted by atomic mass is 32.1. The second-order valence-corrected chi connectivity index (χ2v) is 10.9. The molecule has 0 atom stereocenters. The van der Waals surface area contributed by atoms with Crippen molar-refractivity contribution in [2.45, 2.75) is 44.7 Å². The van der Waals surface area contributed by atoms with Gasteiger partial charge in [-0.15, -0.1) is 11.3 Å². The first kappa shape index (κ1) is 27.9. The number of aryl methyl sites for hydroxylation is 1. The Hall–Kier alpha value is -4.64. The summed E-state index contributed by atoms with van der Waals surface area (Å²) in [6, 6.07) is 12.2. The minimum Gasteiger partial charge on any atom is -0.508 e. The lowest BCUT2D eigenvalue weighted by Crippen LogP contribution is -2.44. The maximum Gasteiger partial charge on any atom is 0.270 e. The third-order valence-corrected chi connectivity index (χ3v) is 7.54. The van der Waals surface area contributed by atoms with E-state index in [0.29, 0.717) is 60.1 Å². The normalized spacial score (nSPS) is 16.5. The summed E-state index contributed by atoms with van der Waals surface area (Å²) in [5, 5.41) is 18.5.